The van der Waals surface area contributed by atoms with Crippen LogP contribution < -0.4 is 5.32 Å². The molecule has 4 rings (SSSR count). The molecule has 0 spiro atoms. The highest BCUT2D eigenvalue weighted by Crippen LogP contribution is 2.18. The van der Waals surface area contributed by atoms with Crippen LogP contribution in [0.4, 0.5) is 0 Å². The van der Waals surface area contributed by atoms with Crippen LogP contribution >= 0.6 is 11.6 Å². The first kappa shape index (κ1) is 19.0. The Hall–Kier alpha value is -3.38. The Bertz CT molecular complexity index is 1090. The van der Waals surface area contributed by atoms with E-state index in [0.29, 0.717) is 17.4 Å². The number of amides is 1. The van der Waals surface area contributed by atoms with Gasteiger partial charge in [-0.05, 0) is 42.3 Å². The highest BCUT2D eigenvalue weighted by Gasteiger charge is 2.22. The average molecular weight is 406 g/mol. The highest BCUT2D eigenvalue weighted by molar-refractivity contribution is 6.30. The average Bonchev–Trinajstić information content (AvgIpc) is 3.40. The van der Waals surface area contributed by atoms with E-state index in [4.69, 9.17) is 11.6 Å². The van der Waals surface area contributed by atoms with E-state index in [1.165, 1.54) is 0 Å². The van der Waals surface area contributed by atoms with Crippen LogP contribution in [0, 0.1) is 0 Å². The summed E-state index contributed by atoms with van der Waals surface area (Å²) in [6.45, 7) is 2.42. The van der Waals surface area contributed by atoms with E-state index in [0.717, 1.165) is 11.1 Å². The number of benzene rings is 2. The molecule has 6 nitrogen and oxygen atoms in total. The number of hydrogen-bond donors (Lipinski definition) is 1. The summed E-state index contributed by atoms with van der Waals surface area (Å²) in [6.07, 6.45) is 3.74. The van der Waals surface area contributed by atoms with Crippen LogP contribution in [0.3, 0.4) is 0 Å². The summed E-state index contributed by atoms with van der Waals surface area (Å²) in [5.74, 6) is 0.343. The minimum absolute atomic E-state index is 0.150. The molecule has 7 heteroatoms. The Labute approximate surface area is 173 Å². The molecule has 0 aliphatic rings. The van der Waals surface area contributed by atoms with Gasteiger partial charge in [0.1, 0.15) is 0 Å². The monoisotopic (exact) mass is 405 g/mol. The van der Waals surface area contributed by atoms with E-state index in [9.17, 15) is 4.79 Å². The summed E-state index contributed by atoms with van der Waals surface area (Å²) >= 11 is 5.98. The topological polar surface area (TPSA) is 64.7 Å². The van der Waals surface area contributed by atoms with Crippen molar-refractivity contribution >= 4 is 17.5 Å². The number of aromatic nitrogens is 4. The number of halogens is 1. The van der Waals surface area contributed by atoms with E-state index in [1.807, 2.05) is 90.6 Å². The number of rotatable bonds is 6. The van der Waals surface area contributed by atoms with Crippen LogP contribution in [-0.4, -0.2) is 25.5 Å². The Morgan fingerprint density at radius 2 is 1.72 bits per heavy atom. The molecule has 146 valence electrons. The summed E-state index contributed by atoms with van der Waals surface area (Å²) in [4.78, 5) is 13.0. The molecule has 2 aromatic carbocycles. The van der Waals surface area contributed by atoms with Crippen LogP contribution in [0.1, 0.15) is 34.6 Å². The van der Waals surface area contributed by atoms with Crippen molar-refractivity contribution in [3.05, 3.63) is 101 Å². The van der Waals surface area contributed by atoms with Crippen molar-refractivity contribution in [2.24, 2.45) is 0 Å². The van der Waals surface area contributed by atoms with Gasteiger partial charge in [0.25, 0.3) is 5.91 Å². The maximum Gasteiger partial charge on any atom is 0.276 e. The van der Waals surface area contributed by atoms with E-state index in [1.54, 1.807) is 4.68 Å². The standard InChI is InChI=1S/C22H20ClN5O/c1-16(18-7-3-2-4-8-18)24-21(29)20-22(27-13-5-6-14-27)28(26-25-20)15-17-9-11-19(23)12-10-17/h2-14,16H,15H2,1H3,(H,24,29). The third-order valence-corrected chi connectivity index (χ3v) is 4.92. The lowest BCUT2D eigenvalue weighted by molar-refractivity contribution is 0.0934. The van der Waals surface area contributed by atoms with Gasteiger partial charge in [0.15, 0.2) is 11.5 Å². The van der Waals surface area contributed by atoms with Crippen LogP contribution in [0.15, 0.2) is 79.1 Å². The van der Waals surface area contributed by atoms with E-state index in [2.05, 4.69) is 15.6 Å². The molecule has 29 heavy (non-hydrogen) atoms. The summed E-state index contributed by atoms with van der Waals surface area (Å²) in [5, 5.41) is 12.1. The maximum absolute atomic E-state index is 13.0. The molecule has 1 amide bonds. The van der Waals surface area contributed by atoms with Gasteiger partial charge in [0.2, 0.25) is 0 Å². The first-order valence-electron chi connectivity index (χ1n) is 9.29. The molecular formula is C22H20ClN5O. The summed E-state index contributed by atoms with van der Waals surface area (Å²) in [7, 11) is 0. The first-order chi connectivity index (χ1) is 14.1. The number of carbonyl (C=O) groups is 1. The lowest BCUT2D eigenvalue weighted by atomic mass is 10.1. The van der Waals surface area contributed by atoms with Crippen LogP contribution in [0.2, 0.25) is 5.02 Å². The van der Waals surface area contributed by atoms with Gasteiger partial charge < -0.3 is 9.88 Å². The molecular weight excluding hydrogens is 386 g/mol. The van der Waals surface area contributed by atoms with Crippen molar-refractivity contribution in [1.29, 1.82) is 0 Å². The Balaban J connectivity index is 1.63. The SMILES string of the molecule is CC(NC(=O)c1nnn(Cc2ccc(Cl)cc2)c1-n1cccc1)c1ccccc1. The molecule has 0 saturated heterocycles. The molecule has 4 aromatic rings. The van der Waals surface area contributed by atoms with Gasteiger partial charge in [0.05, 0.1) is 12.6 Å². The molecule has 1 atom stereocenters. The molecule has 0 bridgehead atoms. The van der Waals surface area contributed by atoms with E-state index in [-0.39, 0.29) is 17.6 Å². The fourth-order valence-electron chi connectivity index (χ4n) is 3.15. The molecule has 1 N–H and O–H groups in total. The van der Waals surface area contributed by atoms with Crippen LogP contribution in [0.25, 0.3) is 5.82 Å². The van der Waals surface area contributed by atoms with Gasteiger partial charge in [-0.2, -0.15) is 0 Å². The first-order valence-corrected chi connectivity index (χ1v) is 9.66. The smallest absolute Gasteiger partial charge is 0.276 e. The van der Waals surface area contributed by atoms with Crippen LogP contribution in [0.5, 0.6) is 0 Å². The normalized spacial score (nSPS) is 11.9. The molecule has 0 aliphatic heterocycles. The van der Waals surface area contributed by atoms with Crippen molar-refractivity contribution in [3.63, 3.8) is 0 Å². The third-order valence-electron chi connectivity index (χ3n) is 4.67. The largest absolute Gasteiger partial charge is 0.344 e. The molecule has 0 aliphatic carbocycles. The summed E-state index contributed by atoms with van der Waals surface area (Å²) < 4.78 is 3.56. The second-order valence-corrected chi connectivity index (χ2v) is 7.18. The third kappa shape index (κ3) is 4.22. The van der Waals surface area contributed by atoms with E-state index >= 15 is 0 Å². The lowest BCUT2D eigenvalue weighted by Gasteiger charge is -2.14. The maximum atomic E-state index is 13.0. The van der Waals surface area contributed by atoms with E-state index < -0.39 is 0 Å². The molecule has 1 unspecified atom stereocenters. The summed E-state index contributed by atoms with van der Waals surface area (Å²) in [5.41, 5.74) is 2.31. The van der Waals surface area contributed by atoms with Gasteiger partial charge in [0, 0.05) is 17.4 Å². The minimum atomic E-state index is -0.271. The molecule has 2 aromatic heterocycles. The number of nitrogens with zero attached hydrogens (tertiary/aromatic N) is 4. The molecule has 0 radical (unpaired) electrons. The number of nitrogens with one attached hydrogen (secondary N) is 1. The Morgan fingerprint density at radius 3 is 2.41 bits per heavy atom. The number of hydrogen-bond acceptors (Lipinski definition) is 3. The zero-order valence-electron chi connectivity index (χ0n) is 15.9. The fourth-order valence-corrected chi connectivity index (χ4v) is 3.27. The highest BCUT2D eigenvalue weighted by atomic mass is 35.5. The van der Waals surface area contributed by atoms with Crippen molar-refractivity contribution in [3.8, 4) is 5.82 Å². The fraction of sp³-hybridized carbons (Fsp3) is 0.136. The second-order valence-electron chi connectivity index (χ2n) is 6.74. The predicted molar refractivity (Wildman–Crippen MR) is 112 cm³/mol. The van der Waals surface area contributed by atoms with Crippen LogP contribution in [-0.2, 0) is 6.54 Å². The Morgan fingerprint density at radius 1 is 1.03 bits per heavy atom. The quantitative estimate of drug-likeness (QED) is 0.521. The number of carbonyl (C=O) groups excluding carboxylic acids is 1. The molecule has 2 heterocycles. The van der Waals surface area contributed by atoms with Gasteiger partial charge in [-0.15, -0.1) is 5.10 Å². The van der Waals surface area contributed by atoms with Gasteiger partial charge >= 0.3 is 0 Å². The lowest BCUT2D eigenvalue weighted by Crippen LogP contribution is -2.28. The van der Waals surface area contributed by atoms with Gasteiger partial charge in [-0.25, -0.2) is 4.68 Å². The molecule has 0 saturated carbocycles. The zero-order chi connectivity index (χ0) is 20.2. The van der Waals surface area contributed by atoms with Gasteiger partial charge in [-0.1, -0.05) is 59.3 Å². The summed E-state index contributed by atoms with van der Waals surface area (Å²) in [6, 6.07) is 21.0. The van der Waals surface area contributed by atoms with Crippen molar-refractivity contribution in [2.45, 2.75) is 19.5 Å². The molecule has 0 fully saturated rings. The zero-order valence-corrected chi connectivity index (χ0v) is 16.6. The van der Waals surface area contributed by atoms with Crippen molar-refractivity contribution < 1.29 is 4.79 Å². The predicted octanol–water partition coefficient (Wildman–Crippen LogP) is 4.26. The van der Waals surface area contributed by atoms with Gasteiger partial charge in [-0.3, -0.25) is 4.79 Å². The Kier molecular flexibility index (Phi) is 5.44. The van der Waals surface area contributed by atoms with Crippen molar-refractivity contribution in [2.75, 3.05) is 0 Å². The van der Waals surface area contributed by atoms with Crippen molar-refractivity contribution in [1.82, 2.24) is 24.9 Å². The minimum Gasteiger partial charge on any atom is -0.344 e. The second kappa shape index (κ2) is 8.32.